The minimum absolute atomic E-state index is 0.0924. The van der Waals surface area contributed by atoms with Crippen LogP contribution in [0.15, 0.2) is 18.2 Å². The lowest BCUT2D eigenvalue weighted by Crippen LogP contribution is -2.56. The van der Waals surface area contributed by atoms with Crippen LogP contribution in [0.2, 0.25) is 0 Å². The number of alkyl carbamates (subject to hydrolysis) is 1. The van der Waals surface area contributed by atoms with Crippen LogP contribution in [0.4, 0.5) is 4.79 Å². The first-order chi connectivity index (χ1) is 17.6. The predicted molar refractivity (Wildman–Crippen MR) is 158 cm³/mol. The van der Waals surface area contributed by atoms with E-state index in [0.717, 1.165) is 29.5 Å². The van der Waals surface area contributed by atoms with E-state index in [1.54, 1.807) is 37.4 Å². The van der Waals surface area contributed by atoms with E-state index in [4.69, 9.17) is 4.74 Å². The molecule has 0 aliphatic carbocycles. The van der Waals surface area contributed by atoms with E-state index in [1.807, 2.05) is 59.1 Å². The summed E-state index contributed by atoms with van der Waals surface area (Å²) in [5.74, 6) is 0.628. The normalized spacial score (nSPS) is 14.1. The van der Waals surface area contributed by atoms with Gasteiger partial charge in [-0.1, -0.05) is 37.6 Å². The molecule has 0 saturated heterocycles. The Morgan fingerprint density at radius 3 is 2.13 bits per heavy atom. The zero-order valence-electron chi connectivity index (χ0n) is 25.4. The Bertz CT molecular complexity index is 927. The van der Waals surface area contributed by atoms with E-state index in [0.29, 0.717) is 18.1 Å². The van der Waals surface area contributed by atoms with Gasteiger partial charge >= 0.3 is 6.09 Å². The number of hydrogen-bond donors (Lipinski definition) is 2. The highest BCUT2D eigenvalue weighted by molar-refractivity contribution is 7.98. The summed E-state index contributed by atoms with van der Waals surface area (Å²) < 4.78 is 5.49. The summed E-state index contributed by atoms with van der Waals surface area (Å²) in [6, 6.07) is 4.02. The van der Waals surface area contributed by atoms with E-state index >= 15 is 0 Å². The second-order valence-electron chi connectivity index (χ2n) is 12.0. The molecule has 0 radical (unpaired) electrons. The van der Waals surface area contributed by atoms with Gasteiger partial charge in [0.15, 0.2) is 0 Å². The average Bonchev–Trinajstić information content (AvgIpc) is 2.78. The highest BCUT2D eigenvalue weighted by atomic mass is 32.2. The van der Waals surface area contributed by atoms with Crippen molar-refractivity contribution in [1.29, 1.82) is 0 Å². The molecule has 3 unspecified atom stereocenters. The average molecular weight is 550 g/mol. The Kier molecular flexibility index (Phi) is 13.7. The van der Waals surface area contributed by atoms with Crippen molar-refractivity contribution >= 4 is 29.7 Å². The largest absolute Gasteiger partial charge is 0.444 e. The molecule has 3 atom stereocenters. The first-order valence-corrected chi connectivity index (χ1v) is 15.1. The van der Waals surface area contributed by atoms with Crippen molar-refractivity contribution in [3.63, 3.8) is 0 Å². The van der Waals surface area contributed by atoms with E-state index in [9.17, 15) is 14.4 Å². The van der Waals surface area contributed by atoms with Crippen molar-refractivity contribution in [2.24, 2.45) is 5.92 Å². The summed E-state index contributed by atoms with van der Waals surface area (Å²) in [5, 5.41) is 5.87. The summed E-state index contributed by atoms with van der Waals surface area (Å²) in [6.07, 6.45) is 3.40. The Morgan fingerprint density at radius 1 is 0.974 bits per heavy atom. The van der Waals surface area contributed by atoms with E-state index < -0.39 is 23.8 Å². The van der Waals surface area contributed by atoms with Crippen LogP contribution in [0.3, 0.4) is 0 Å². The highest BCUT2D eigenvalue weighted by Crippen LogP contribution is 2.31. The monoisotopic (exact) mass is 549 g/mol. The van der Waals surface area contributed by atoms with Gasteiger partial charge in [0.2, 0.25) is 11.8 Å². The summed E-state index contributed by atoms with van der Waals surface area (Å²) in [5.41, 5.74) is 2.06. The van der Waals surface area contributed by atoms with Gasteiger partial charge in [-0.25, -0.2) is 4.79 Å². The van der Waals surface area contributed by atoms with Gasteiger partial charge in [-0.3, -0.25) is 9.59 Å². The fraction of sp³-hybridized carbons (Fsp3) is 0.700. The lowest BCUT2D eigenvalue weighted by molar-refractivity contribution is -0.145. The minimum Gasteiger partial charge on any atom is -0.444 e. The number of ether oxygens (including phenoxy) is 1. The standard InChI is InChI=1S/C30H51N3O4S/c1-19(2)12-15-23(7)33(28(35)25(16-17-38-11)32-29(36)37-30(8,9)10)26(27(34)31-20(3)4)24-18-21(5)13-14-22(24)6/h13-14,18-20,23,25-26H,12,15-17H2,1-11H3,(H,31,34)(H,32,36). The Labute approximate surface area is 235 Å². The molecule has 0 heterocycles. The van der Waals surface area contributed by atoms with Crippen molar-refractivity contribution in [1.82, 2.24) is 15.5 Å². The van der Waals surface area contributed by atoms with Crippen molar-refractivity contribution in [2.45, 2.75) is 118 Å². The number of thioether (sulfide) groups is 1. The molecule has 1 aromatic rings. The van der Waals surface area contributed by atoms with Crippen LogP contribution in [0.5, 0.6) is 0 Å². The van der Waals surface area contributed by atoms with Gasteiger partial charge in [0.05, 0.1) is 0 Å². The number of benzene rings is 1. The van der Waals surface area contributed by atoms with Crippen molar-refractivity contribution in [3.8, 4) is 0 Å². The molecule has 0 aliphatic rings. The molecule has 216 valence electrons. The van der Waals surface area contributed by atoms with Crippen LogP contribution in [0.25, 0.3) is 0 Å². The maximum Gasteiger partial charge on any atom is 0.408 e. The molecule has 8 heteroatoms. The maximum atomic E-state index is 14.4. The van der Waals surface area contributed by atoms with Crippen molar-refractivity contribution in [3.05, 3.63) is 34.9 Å². The number of amides is 3. The molecule has 2 N–H and O–H groups in total. The van der Waals surface area contributed by atoms with Crippen LogP contribution in [-0.4, -0.2) is 58.5 Å². The second kappa shape index (κ2) is 15.4. The molecule has 38 heavy (non-hydrogen) atoms. The number of nitrogens with one attached hydrogen (secondary N) is 2. The number of carbonyl (C=O) groups excluding carboxylic acids is 3. The third-order valence-corrected chi connectivity index (χ3v) is 6.82. The highest BCUT2D eigenvalue weighted by Gasteiger charge is 2.39. The zero-order valence-corrected chi connectivity index (χ0v) is 26.3. The topological polar surface area (TPSA) is 87.7 Å². The molecule has 0 fully saturated rings. The first kappa shape index (κ1) is 33.8. The van der Waals surface area contributed by atoms with Gasteiger partial charge in [0, 0.05) is 12.1 Å². The molecule has 0 aliphatic heterocycles. The van der Waals surface area contributed by atoms with Crippen molar-refractivity contribution < 1.29 is 19.1 Å². The fourth-order valence-corrected chi connectivity index (χ4v) is 4.74. The van der Waals surface area contributed by atoms with Crippen LogP contribution in [0.1, 0.15) is 97.4 Å². The molecule has 0 spiro atoms. The van der Waals surface area contributed by atoms with Gasteiger partial charge in [0.1, 0.15) is 17.7 Å². The molecule has 1 aromatic carbocycles. The van der Waals surface area contributed by atoms with Crippen LogP contribution in [0, 0.1) is 19.8 Å². The third kappa shape index (κ3) is 11.3. The maximum absolute atomic E-state index is 14.4. The number of aryl methyl sites for hydroxylation is 2. The van der Waals surface area contributed by atoms with E-state index in [2.05, 4.69) is 24.5 Å². The number of hydrogen-bond acceptors (Lipinski definition) is 5. The number of nitrogens with zero attached hydrogens (tertiary/aromatic N) is 1. The summed E-state index contributed by atoms with van der Waals surface area (Å²) in [6.45, 7) is 19.5. The lowest BCUT2D eigenvalue weighted by Gasteiger charge is -2.39. The lowest BCUT2D eigenvalue weighted by atomic mass is 9.93. The molecular formula is C30H51N3O4S. The molecule has 0 saturated carbocycles. The Hall–Kier alpha value is -2.22. The van der Waals surface area contributed by atoms with Gasteiger partial charge in [-0.2, -0.15) is 11.8 Å². The third-order valence-electron chi connectivity index (χ3n) is 6.18. The summed E-state index contributed by atoms with van der Waals surface area (Å²) in [7, 11) is 0. The summed E-state index contributed by atoms with van der Waals surface area (Å²) in [4.78, 5) is 42.7. The quantitative estimate of drug-likeness (QED) is 0.307. The molecule has 0 bridgehead atoms. The van der Waals surface area contributed by atoms with Gasteiger partial charge in [-0.15, -0.1) is 0 Å². The van der Waals surface area contributed by atoms with Crippen LogP contribution < -0.4 is 10.6 Å². The Morgan fingerprint density at radius 2 is 1.61 bits per heavy atom. The molecule has 3 amide bonds. The first-order valence-electron chi connectivity index (χ1n) is 13.8. The van der Waals surface area contributed by atoms with Crippen LogP contribution in [-0.2, 0) is 14.3 Å². The minimum atomic E-state index is -0.829. The predicted octanol–water partition coefficient (Wildman–Crippen LogP) is 6.17. The SMILES string of the molecule is CSCCC(NC(=O)OC(C)(C)C)C(=O)N(C(C)CCC(C)C)C(C(=O)NC(C)C)c1cc(C)ccc1C. The fourth-order valence-electron chi connectivity index (χ4n) is 4.27. The second-order valence-corrected chi connectivity index (χ2v) is 13.0. The van der Waals surface area contributed by atoms with Gasteiger partial charge < -0.3 is 20.3 Å². The van der Waals surface area contributed by atoms with Crippen LogP contribution >= 0.6 is 11.8 Å². The number of rotatable bonds is 13. The van der Waals surface area contributed by atoms with Gasteiger partial charge in [-0.05, 0) is 104 Å². The van der Waals surface area contributed by atoms with Crippen molar-refractivity contribution in [2.75, 3.05) is 12.0 Å². The summed E-state index contributed by atoms with van der Waals surface area (Å²) >= 11 is 1.60. The smallest absolute Gasteiger partial charge is 0.408 e. The molecule has 7 nitrogen and oxygen atoms in total. The van der Waals surface area contributed by atoms with E-state index in [1.165, 1.54) is 0 Å². The molecule has 1 rings (SSSR count). The van der Waals surface area contributed by atoms with Gasteiger partial charge in [0.25, 0.3) is 0 Å². The van der Waals surface area contributed by atoms with E-state index in [-0.39, 0.29) is 23.9 Å². The molecule has 0 aromatic heterocycles. The molecular weight excluding hydrogens is 498 g/mol. The number of carbonyl (C=O) groups is 3. The Balaban J connectivity index is 3.67. The zero-order chi connectivity index (χ0) is 29.2.